The Bertz CT molecular complexity index is 155. The van der Waals surface area contributed by atoms with E-state index in [1.165, 1.54) is 25.7 Å². The fourth-order valence-corrected chi connectivity index (χ4v) is 2.78. The minimum absolute atomic E-state index is 0.850. The maximum Gasteiger partial charge on any atom is -0.0358 e. The lowest BCUT2D eigenvalue weighted by Crippen LogP contribution is -2.24. The van der Waals surface area contributed by atoms with Gasteiger partial charge in [-0.25, -0.2) is 0 Å². The summed E-state index contributed by atoms with van der Waals surface area (Å²) in [5.41, 5.74) is 0. The predicted molar refractivity (Wildman–Crippen MR) is 64.3 cm³/mol. The zero-order chi connectivity index (χ0) is 10.7. The zero-order valence-corrected chi connectivity index (χ0v) is 10.7. The van der Waals surface area contributed by atoms with Gasteiger partial charge in [-0.1, -0.05) is 47.5 Å². The van der Waals surface area contributed by atoms with Crippen LogP contribution < -0.4 is 0 Å². The van der Waals surface area contributed by atoms with Crippen LogP contribution in [-0.4, -0.2) is 0 Å². The summed E-state index contributed by atoms with van der Waals surface area (Å²) in [7, 11) is 0. The summed E-state index contributed by atoms with van der Waals surface area (Å²) in [5.74, 6) is 4.79. The van der Waals surface area contributed by atoms with Crippen LogP contribution in [0.15, 0.2) is 0 Å². The van der Waals surface area contributed by atoms with Crippen LogP contribution in [0.5, 0.6) is 0 Å². The van der Waals surface area contributed by atoms with Gasteiger partial charge >= 0.3 is 0 Å². The molecule has 0 heterocycles. The molecule has 0 N–H and O–H groups in total. The molecular weight excluding hydrogens is 168 g/mol. The first kappa shape index (κ1) is 12.1. The molecule has 0 heteroatoms. The quantitative estimate of drug-likeness (QED) is 0.575. The van der Waals surface area contributed by atoms with Crippen molar-refractivity contribution in [3.8, 4) is 0 Å². The summed E-state index contributed by atoms with van der Waals surface area (Å²) in [6.45, 7) is 12.0. The van der Waals surface area contributed by atoms with Crippen LogP contribution in [0.2, 0.25) is 0 Å². The van der Waals surface area contributed by atoms with Gasteiger partial charge in [-0.15, -0.1) is 0 Å². The van der Waals surface area contributed by atoms with Crippen LogP contribution in [-0.2, 0) is 0 Å². The molecule has 14 heavy (non-hydrogen) atoms. The molecule has 0 radical (unpaired) electrons. The van der Waals surface area contributed by atoms with Crippen molar-refractivity contribution in [1.82, 2.24) is 0 Å². The summed E-state index contributed by atoms with van der Waals surface area (Å²) >= 11 is 0. The van der Waals surface area contributed by atoms with Crippen molar-refractivity contribution >= 4 is 0 Å². The van der Waals surface area contributed by atoms with Gasteiger partial charge in [0.15, 0.2) is 0 Å². The third-order valence-corrected chi connectivity index (χ3v) is 4.41. The molecule has 0 spiro atoms. The van der Waals surface area contributed by atoms with E-state index in [0.29, 0.717) is 0 Å². The minimum atomic E-state index is 0.850. The molecule has 1 aliphatic rings. The normalized spacial score (nSPS) is 23.6. The molecule has 0 amide bonds. The highest BCUT2D eigenvalue weighted by molar-refractivity contribution is 4.86. The largest absolute Gasteiger partial charge is 0.0654 e. The lowest BCUT2D eigenvalue weighted by Gasteiger charge is -2.31. The third-order valence-electron chi connectivity index (χ3n) is 4.41. The number of rotatable bonds is 6. The van der Waals surface area contributed by atoms with Crippen LogP contribution >= 0.6 is 0 Å². The molecule has 0 nitrogen and oxygen atoms in total. The number of hydrogen-bond acceptors (Lipinski definition) is 0. The molecule has 0 aromatic heterocycles. The first-order chi connectivity index (χ1) is 6.57. The molecule has 1 aliphatic carbocycles. The average Bonchev–Trinajstić information content (AvgIpc) is 2.95. The zero-order valence-electron chi connectivity index (χ0n) is 10.7. The van der Waals surface area contributed by atoms with Gasteiger partial charge < -0.3 is 0 Å². The lowest BCUT2D eigenvalue weighted by atomic mass is 9.74. The van der Waals surface area contributed by atoms with E-state index in [9.17, 15) is 0 Å². The van der Waals surface area contributed by atoms with Gasteiger partial charge in [0.25, 0.3) is 0 Å². The van der Waals surface area contributed by atoms with E-state index in [0.717, 1.165) is 29.6 Å². The Morgan fingerprint density at radius 2 is 1.57 bits per heavy atom. The highest BCUT2D eigenvalue weighted by Gasteiger charge is 2.36. The second kappa shape index (κ2) is 5.19. The maximum absolute atomic E-state index is 2.49. The second-order valence-corrected chi connectivity index (χ2v) is 5.75. The van der Waals surface area contributed by atoms with Crippen molar-refractivity contribution in [1.29, 1.82) is 0 Å². The lowest BCUT2D eigenvalue weighted by molar-refractivity contribution is 0.181. The molecule has 84 valence electrons. The summed E-state index contributed by atoms with van der Waals surface area (Å²) < 4.78 is 0. The number of hydrogen-bond donors (Lipinski definition) is 0. The van der Waals surface area contributed by atoms with Gasteiger partial charge in [-0.3, -0.25) is 0 Å². The molecule has 1 fully saturated rings. The standard InChI is InChI=1S/C14H28/c1-6-7-14(13-8-9-13)12(5)11(4)10(2)3/h10-14H,6-9H2,1-5H3. The monoisotopic (exact) mass is 196 g/mol. The van der Waals surface area contributed by atoms with E-state index in [2.05, 4.69) is 34.6 Å². The Morgan fingerprint density at radius 3 is 1.93 bits per heavy atom. The summed E-state index contributed by atoms with van der Waals surface area (Å²) in [6.07, 6.45) is 5.86. The van der Waals surface area contributed by atoms with Gasteiger partial charge in [0.2, 0.25) is 0 Å². The summed E-state index contributed by atoms with van der Waals surface area (Å²) in [4.78, 5) is 0. The molecule has 0 aromatic rings. The highest BCUT2D eigenvalue weighted by Crippen LogP contribution is 2.45. The van der Waals surface area contributed by atoms with Gasteiger partial charge in [0, 0.05) is 0 Å². The van der Waals surface area contributed by atoms with Crippen LogP contribution in [0.3, 0.4) is 0 Å². The maximum atomic E-state index is 2.49. The van der Waals surface area contributed by atoms with Gasteiger partial charge in [-0.2, -0.15) is 0 Å². The van der Waals surface area contributed by atoms with E-state index in [1.54, 1.807) is 0 Å². The topological polar surface area (TPSA) is 0 Å². The van der Waals surface area contributed by atoms with E-state index in [4.69, 9.17) is 0 Å². The fraction of sp³-hybridized carbons (Fsp3) is 1.00. The molecule has 0 saturated heterocycles. The molecule has 3 unspecified atom stereocenters. The minimum Gasteiger partial charge on any atom is -0.0654 e. The average molecular weight is 196 g/mol. The van der Waals surface area contributed by atoms with E-state index in [-0.39, 0.29) is 0 Å². The summed E-state index contributed by atoms with van der Waals surface area (Å²) in [5, 5.41) is 0. The smallest absolute Gasteiger partial charge is 0.0358 e. The highest BCUT2D eigenvalue weighted by atomic mass is 14.4. The fourth-order valence-electron chi connectivity index (χ4n) is 2.78. The van der Waals surface area contributed by atoms with Gasteiger partial charge in [0.05, 0.1) is 0 Å². The second-order valence-electron chi connectivity index (χ2n) is 5.75. The molecule has 3 atom stereocenters. The Morgan fingerprint density at radius 1 is 1.00 bits per heavy atom. The molecule has 0 bridgehead atoms. The first-order valence-electron chi connectivity index (χ1n) is 6.57. The molecule has 1 saturated carbocycles. The Balaban J connectivity index is 2.48. The van der Waals surface area contributed by atoms with Crippen molar-refractivity contribution in [2.24, 2.45) is 29.6 Å². The molecule has 0 aliphatic heterocycles. The van der Waals surface area contributed by atoms with Crippen LogP contribution in [0, 0.1) is 29.6 Å². The van der Waals surface area contributed by atoms with Crippen LogP contribution in [0.4, 0.5) is 0 Å². The summed E-state index contributed by atoms with van der Waals surface area (Å²) in [6, 6.07) is 0. The van der Waals surface area contributed by atoms with Crippen molar-refractivity contribution < 1.29 is 0 Å². The van der Waals surface area contributed by atoms with E-state index >= 15 is 0 Å². The molecule has 1 rings (SSSR count). The van der Waals surface area contributed by atoms with Crippen molar-refractivity contribution in [2.45, 2.75) is 60.3 Å². The Hall–Kier alpha value is 0. The first-order valence-corrected chi connectivity index (χ1v) is 6.57. The predicted octanol–water partition coefficient (Wildman–Crippen LogP) is 4.74. The van der Waals surface area contributed by atoms with Crippen LogP contribution in [0.25, 0.3) is 0 Å². The third kappa shape index (κ3) is 3.00. The van der Waals surface area contributed by atoms with Crippen molar-refractivity contribution in [3.63, 3.8) is 0 Å². The SMILES string of the molecule is CCCC(C1CC1)C(C)C(C)C(C)C. The van der Waals surface area contributed by atoms with Crippen molar-refractivity contribution in [3.05, 3.63) is 0 Å². The Kier molecular flexibility index (Phi) is 4.47. The van der Waals surface area contributed by atoms with E-state index in [1.807, 2.05) is 0 Å². The molecular formula is C14H28. The van der Waals surface area contributed by atoms with Gasteiger partial charge in [0.1, 0.15) is 0 Å². The van der Waals surface area contributed by atoms with Crippen molar-refractivity contribution in [2.75, 3.05) is 0 Å². The van der Waals surface area contributed by atoms with Gasteiger partial charge in [-0.05, 0) is 42.4 Å². The van der Waals surface area contributed by atoms with Crippen LogP contribution in [0.1, 0.15) is 60.3 Å². The Labute approximate surface area is 90.5 Å². The van der Waals surface area contributed by atoms with E-state index < -0.39 is 0 Å². The molecule has 0 aromatic carbocycles.